The van der Waals surface area contributed by atoms with Gasteiger partial charge in [-0.2, -0.15) is 5.26 Å². The van der Waals surface area contributed by atoms with Crippen molar-refractivity contribution in [2.45, 2.75) is 12.8 Å². The molecule has 3 rings (SSSR count). The van der Waals surface area contributed by atoms with E-state index in [-0.39, 0.29) is 11.5 Å². The van der Waals surface area contributed by atoms with Crippen molar-refractivity contribution < 1.29 is 4.79 Å². The molecule has 7 heteroatoms. The standard InChI is InChI=1S/C15H12N4O2S/c1-8-7-22-14(17-8)10(6-16)13(20)9-3-4-12-11(5-9)18-15(21)19(12)2/h3-5,7,10H,1-2H3,(H,18,21)/t10-/m1/s1. The molecule has 3 aromatic rings. The maximum absolute atomic E-state index is 12.6. The second-order valence-electron chi connectivity index (χ2n) is 4.97. The summed E-state index contributed by atoms with van der Waals surface area (Å²) in [4.78, 5) is 31.1. The molecule has 2 heterocycles. The van der Waals surface area contributed by atoms with Gasteiger partial charge in [0.05, 0.1) is 17.1 Å². The fraction of sp³-hybridized carbons (Fsp3) is 0.200. The summed E-state index contributed by atoms with van der Waals surface area (Å²) in [5, 5.41) is 11.6. The van der Waals surface area contributed by atoms with E-state index < -0.39 is 5.92 Å². The van der Waals surface area contributed by atoms with Gasteiger partial charge >= 0.3 is 5.69 Å². The van der Waals surface area contributed by atoms with E-state index in [1.165, 1.54) is 15.9 Å². The Bertz CT molecular complexity index is 973. The van der Waals surface area contributed by atoms with Crippen molar-refractivity contribution >= 4 is 28.2 Å². The molecule has 1 N–H and O–H groups in total. The maximum Gasteiger partial charge on any atom is 0.326 e. The van der Waals surface area contributed by atoms with E-state index in [1.54, 1.807) is 25.2 Å². The van der Waals surface area contributed by atoms with E-state index in [9.17, 15) is 14.9 Å². The number of aromatic amines is 1. The first-order chi connectivity index (χ1) is 10.5. The van der Waals surface area contributed by atoms with Crippen molar-refractivity contribution in [1.82, 2.24) is 14.5 Å². The van der Waals surface area contributed by atoms with Crippen molar-refractivity contribution in [2.24, 2.45) is 7.05 Å². The number of aromatic nitrogens is 3. The van der Waals surface area contributed by atoms with Crippen LogP contribution in [0.5, 0.6) is 0 Å². The van der Waals surface area contributed by atoms with E-state index in [0.717, 1.165) is 5.69 Å². The minimum Gasteiger partial charge on any atom is -0.306 e. The van der Waals surface area contributed by atoms with Gasteiger partial charge in [0.25, 0.3) is 0 Å². The molecular weight excluding hydrogens is 300 g/mol. The average molecular weight is 312 g/mol. The van der Waals surface area contributed by atoms with Crippen LogP contribution in [0.3, 0.4) is 0 Å². The van der Waals surface area contributed by atoms with Crippen LogP contribution < -0.4 is 5.69 Å². The van der Waals surface area contributed by atoms with Crippen molar-refractivity contribution in [3.05, 3.63) is 50.3 Å². The average Bonchev–Trinajstić information content (AvgIpc) is 3.04. The maximum atomic E-state index is 12.6. The smallest absolute Gasteiger partial charge is 0.306 e. The number of carbonyl (C=O) groups is 1. The number of ketones is 1. The number of carbonyl (C=O) groups excluding carboxylic acids is 1. The first-order valence-corrected chi connectivity index (χ1v) is 7.44. The number of nitriles is 1. The molecule has 1 aromatic carbocycles. The Morgan fingerprint density at radius 2 is 2.27 bits per heavy atom. The summed E-state index contributed by atoms with van der Waals surface area (Å²) in [6.07, 6.45) is 0. The molecule has 0 radical (unpaired) electrons. The molecule has 0 saturated carbocycles. The monoisotopic (exact) mass is 312 g/mol. The highest BCUT2D eigenvalue weighted by Gasteiger charge is 2.25. The molecule has 0 aliphatic carbocycles. The van der Waals surface area contributed by atoms with Gasteiger partial charge in [0.1, 0.15) is 5.01 Å². The van der Waals surface area contributed by atoms with Crippen molar-refractivity contribution in [3.8, 4) is 6.07 Å². The summed E-state index contributed by atoms with van der Waals surface area (Å²) in [6.45, 7) is 1.82. The predicted molar refractivity (Wildman–Crippen MR) is 83.1 cm³/mol. The first kappa shape index (κ1) is 14.2. The number of thiazole rings is 1. The highest BCUT2D eigenvalue weighted by molar-refractivity contribution is 7.10. The van der Waals surface area contributed by atoms with Crippen LogP contribution in [0.15, 0.2) is 28.4 Å². The number of aryl methyl sites for hydroxylation is 2. The van der Waals surface area contributed by atoms with E-state index in [2.05, 4.69) is 9.97 Å². The number of imidazole rings is 1. The van der Waals surface area contributed by atoms with Crippen LogP contribution >= 0.6 is 11.3 Å². The number of Topliss-reactive ketones (excluding diaryl/α,β-unsaturated/α-hetero) is 1. The summed E-state index contributed by atoms with van der Waals surface area (Å²) in [5.41, 5.74) is 2.21. The second-order valence-corrected chi connectivity index (χ2v) is 5.86. The minimum atomic E-state index is -0.924. The van der Waals surface area contributed by atoms with Gasteiger partial charge in [-0.1, -0.05) is 0 Å². The van der Waals surface area contributed by atoms with E-state index >= 15 is 0 Å². The van der Waals surface area contributed by atoms with Crippen LogP contribution in [0.4, 0.5) is 0 Å². The van der Waals surface area contributed by atoms with Crippen LogP contribution in [0.1, 0.15) is 27.0 Å². The quantitative estimate of drug-likeness (QED) is 0.750. The highest BCUT2D eigenvalue weighted by atomic mass is 32.1. The van der Waals surface area contributed by atoms with E-state index in [0.29, 0.717) is 21.6 Å². The van der Waals surface area contributed by atoms with Gasteiger partial charge in [0.15, 0.2) is 11.7 Å². The Morgan fingerprint density at radius 1 is 1.50 bits per heavy atom. The van der Waals surface area contributed by atoms with E-state index in [4.69, 9.17) is 0 Å². The van der Waals surface area contributed by atoms with Crippen LogP contribution in [0.2, 0.25) is 0 Å². The first-order valence-electron chi connectivity index (χ1n) is 6.56. The van der Waals surface area contributed by atoms with Crippen LogP contribution in [-0.4, -0.2) is 20.3 Å². The van der Waals surface area contributed by atoms with Crippen LogP contribution in [0.25, 0.3) is 11.0 Å². The molecule has 0 aliphatic rings. The third-order valence-electron chi connectivity index (χ3n) is 3.46. The van der Waals surface area contributed by atoms with Crippen LogP contribution in [-0.2, 0) is 7.05 Å². The number of fused-ring (bicyclic) bond motifs is 1. The fourth-order valence-corrected chi connectivity index (χ4v) is 3.12. The molecule has 0 bridgehead atoms. The van der Waals surface area contributed by atoms with Crippen molar-refractivity contribution in [2.75, 3.05) is 0 Å². The van der Waals surface area contributed by atoms with Crippen LogP contribution in [0, 0.1) is 18.3 Å². The number of H-pyrrole nitrogens is 1. The lowest BCUT2D eigenvalue weighted by Crippen LogP contribution is -2.11. The lowest BCUT2D eigenvalue weighted by atomic mass is 9.99. The van der Waals surface area contributed by atoms with Gasteiger partial charge in [-0.05, 0) is 25.1 Å². The number of benzene rings is 1. The largest absolute Gasteiger partial charge is 0.326 e. The lowest BCUT2D eigenvalue weighted by molar-refractivity contribution is 0.0979. The van der Waals surface area contributed by atoms with Gasteiger partial charge in [0.2, 0.25) is 0 Å². The van der Waals surface area contributed by atoms with Gasteiger partial charge in [-0.3, -0.25) is 9.36 Å². The molecule has 0 unspecified atom stereocenters. The van der Waals surface area contributed by atoms with E-state index in [1.807, 2.05) is 18.4 Å². The Morgan fingerprint density at radius 3 is 2.91 bits per heavy atom. The summed E-state index contributed by atoms with van der Waals surface area (Å²) in [6, 6.07) is 6.94. The zero-order valence-corrected chi connectivity index (χ0v) is 12.8. The number of hydrogen-bond donors (Lipinski definition) is 1. The Kier molecular flexibility index (Phi) is 3.39. The minimum absolute atomic E-state index is 0.244. The molecule has 0 aliphatic heterocycles. The summed E-state index contributed by atoms with van der Waals surface area (Å²) in [7, 11) is 1.65. The SMILES string of the molecule is Cc1csc([C@H](C#N)C(=O)c2ccc3c(c2)[nH]c(=O)n3C)n1. The zero-order chi connectivity index (χ0) is 15.9. The Labute approximate surface area is 129 Å². The lowest BCUT2D eigenvalue weighted by Gasteiger charge is -2.05. The number of rotatable bonds is 3. The molecule has 0 fully saturated rings. The number of nitrogens with one attached hydrogen (secondary N) is 1. The number of nitrogens with zero attached hydrogens (tertiary/aromatic N) is 3. The summed E-state index contributed by atoms with van der Waals surface area (Å²) in [5.74, 6) is -1.24. The molecule has 6 nitrogen and oxygen atoms in total. The molecule has 110 valence electrons. The second kappa shape index (κ2) is 5.24. The van der Waals surface area contributed by atoms with Gasteiger partial charge in [-0.25, -0.2) is 9.78 Å². The third-order valence-corrected chi connectivity index (χ3v) is 4.49. The van der Waals surface area contributed by atoms with Crippen molar-refractivity contribution in [1.29, 1.82) is 5.26 Å². The Balaban J connectivity index is 2.04. The fourth-order valence-electron chi connectivity index (χ4n) is 2.29. The molecule has 0 spiro atoms. The topological polar surface area (TPSA) is 91.5 Å². The molecule has 0 amide bonds. The normalized spacial score (nSPS) is 12.2. The summed E-state index contributed by atoms with van der Waals surface area (Å²) >= 11 is 1.30. The highest BCUT2D eigenvalue weighted by Crippen LogP contribution is 2.25. The Hall–Kier alpha value is -2.72. The molecule has 0 saturated heterocycles. The molecular formula is C15H12N4O2S. The van der Waals surface area contributed by atoms with Gasteiger partial charge in [-0.15, -0.1) is 11.3 Å². The van der Waals surface area contributed by atoms with Gasteiger partial charge in [0, 0.05) is 23.7 Å². The summed E-state index contributed by atoms with van der Waals surface area (Å²) < 4.78 is 1.47. The van der Waals surface area contributed by atoms with Gasteiger partial charge < -0.3 is 4.98 Å². The predicted octanol–water partition coefficient (Wildman–Crippen LogP) is 2.12. The molecule has 22 heavy (non-hydrogen) atoms. The zero-order valence-electron chi connectivity index (χ0n) is 12.0. The molecule has 2 aromatic heterocycles. The molecule has 1 atom stereocenters. The third kappa shape index (κ3) is 2.23. The van der Waals surface area contributed by atoms with Crippen molar-refractivity contribution in [3.63, 3.8) is 0 Å². The number of hydrogen-bond acceptors (Lipinski definition) is 5.